The number of nitrogens with zero attached hydrogens (tertiary/aromatic N) is 3. The van der Waals surface area contributed by atoms with E-state index in [0.29, 0.717) is 29.8 Å². The van der Waals surface area contributed by atoms with Crippen molar-refractivity contribution in [3.05, 3.63) is 48.0 Å². The maximum atomic E-state index is 12.9. The van der Waals surface area contributed by atoms with E-state index in [1.807, 2.05) is 12.3 Å². The van der Waals surface area contributed by atoms with Crippen molar-refractivity contribution in [3.8, 4) is 0 Å². The molecule has 25 heavy (non-hydrogen) atoms. The summed E-state index contributed by atoms with van der Waals surface area (Å²) in [6.07, 6.45) is 6.41. The molecule has 1 aromatic carbocycles. The molecule has 4 rings (SSSR count). The third kappa shape index (κ3) is 3.37. The van der Waals surface area contributed by atoms with Crippen molar-refractivity contribution in [1.82, 2.24) is 13.9 Å². The molecule has 1 atom stereocenters. The molecule has 1 saturated heterocycles. The van der Waals surface area contributed by atoms with Gasteiger partial charge in [0.05, 0.1) is 4.90 Å². The second-order valence-electron chi connectivity index (χ2n) is 7.33. The number of rotatable bonds is 5. The molecule has 0 radical (unpaired) electrons. The van der Waals surface area contributed by atoms with Crippen LogP contribution in [0.1, 0.15) is 43.1 Å². The van der Waals surface area contributed by atoms with E-state index in [4.69, 9.17) is 0 Å². The molecular weight excluding hydrogens is 334 g/mol. The van der Waals surface area contributed by atoms with E-state index < -0.39 is 10.0 Å². The topological polar surface area (TPSA) is 55.2 Å². The van der Waals surface area contributed by atoms with Gasteiger partial charge in [-0.05, 0) is 50.7 Å². The number of benzene rings is 1. The molecule has 134 valence electrons. The van der Waals surface area contributed by atoms with Gasteiger partial charge in [-0.2, -0.15) is 4.31 Å². The van der Waals surface area contributed by atoms with Crippen LogP contribution in [0.2, 0.25) is 0 Å². The Morgan fingerprint density at radius 3 is 2.64 bits per heavy atom. The highest BCUT2D eigenvalue weighted by atomic mass is 32.2. The van der Waals surface area contributed by atoms with Gasteiger partial charge in [0.2, 0.25) is 10.0 Å². The van der Waals surface area contributed by atoms with Gasteiger partial charge in [-0.3, -0.25) is 0 Å². The van der Waals surface area contributed by atoms with Gasteiger partial charge in [0.25, 0.3) is 0 Å². The minimum absolute atomic E-state index is 0.345. The van der Waals surface area contributed by atoms with Crippen LogP contribution in [0.3, 0.4) is 0 Å². The Morgan fingerprint density at radius 1 is 1.16 bits per heavy atom. The van der Waals surface area contributed by atoms with Crippen LogP contribution in [0.4, 0.5) is 0 Å². The molecule has 2 heterocycles. The zero-order chi connectivity index (χ0) is 17.4. The predicted octanol–water partition coefficient (Wildman–Crippen LogP) is 3.17. The van der Waals surface area contributed by atoms with Gasteiger partial charge in [0, 0.05) is 37.4 Å². The molecular formula is C19H25N3O2S. The third-order valence-electron chi connectivity index (χ3n) is 5.33. The van der Waals surface area contributed by atoms with Gasteiger partial charge in [0.15, 0.2) is 0 Å². The average molecular weight is 359 g/mol. The first-order chi connectivity index (χ1) is 12.1. The second-order valence-corrected chi connectivity index (χ2v) is 9.26. The lowest BCUT2D eigenvalue weighted by Crippen LogP contribution is -2.41. The molecule has 1 aliphatic carbocycles. The largest absolute Gasteiger partial charge is 0.332 e. The molecule has 2 fully saturated rings. The SMILES string of the molecule is Cc1cnc(C2CC2)n1CC1CCCN(S(=O)(=O)c2ccccc2)C1. The monoisotopic (exact) mass is 359 g/mol. The Hall–Kier alpha value is -1.66. The number of sulfonamides is 1. The first-order valence-corrected chi connectivity index (χ1v) is 10.6. The lowest BCUT2D eigenvalue weighted by Gasteiger charge is -2.32. The van der Waals surface area contributed by atoms with Gasteiger partial charge >= 0.3 is 0 Å². The molecule has 0 bridgehead atoms. The molecule has 1 saturated carbocycles. The maximum Gasteiger partial charge on any atom is 0.243 e. The van der Waals surface area contributed by atoms with Crippen molar-refractivity contribution in [2.75, 3.05) is 13.1 Å². The summed E-state index contributed by atoms with van der Waals surface area (Å²) in [5.41, 5.74) is 1.19. The Morgan fingerprint density at radius 2 is 1.92 bits per heavy atom. The molecule has 1 aliphatic heterocycles. The zero-order valence-corrected chi connectivity index (χ0v) is 15.5. The van der Waals surface area contributed by atoms with E-state index in [1.54, 1.807) is 28.6 Å². The van der Waals surface area contributed by atoms with Crippen LogP contribution in [-0.2, 0) is 16.6 Å². The van der Waals surface area contributed by atoms with Crippen molar-refractivity contribution >= 4 is 10.0 Å². The van der Waals surface area contributed by atoms with E-state index in [1.165, 1.54) is 24.4 Å². The summed E-state index contributed by atoms with van der Waals surface area (Å²) < 4.78 is 29.8. The highest BCUT2D eigenvalue weighted by Gasteiger charge is 2.33. The number of hydrogen-bond acceptors (Lipinski definition) is 3. The number of aryl methyl sites for hydroxylation is 1. The van der Waals surface area contributed by atoms with Crippen molar-refractivity contribution in [2.24, 2.45) is 5.92 Å². The molecule has 0 N–H and O–H groups in total. The van der Waals surface area contributed by atoms with Gasteiger partial charge in [-0.15, -0.1) is 0 Å². The second kappa shape index (κ2) is 6.57. The standard InChI is InChI=1S/C19H25N3O2S/c1-15-12-20-19(17-9-10-17)22(15)14-16-6-5-11-21(13-16)25(23,24)18-7-3-2-4-8-18/h2-4,7-8,12,16-17H,5-6,9-11,13-14H2,1H3. The summed E-state index contributed by atoms with van der Waals surface area (Å²) in [7, 11) is -3.39. The van der Waals surface area contributed by atoms with Crippen molar-refractivity contribution in [3.63, 3.8) is 0 Å². The minimum Gasteiger partial charge on any atom is -0.332 e. The molecule has 5 nitrogen and oxygen atoms in total. The molecule has 1 aromatic heterocycles. The number of aromatic nitrogens is 2. The highest BCUT2D eigenvalue weighted by Crippen LogP contribution is 2.40. The normalized spacial score (nSPS) is 22.2. The number of hydrogen-bond donors (Lipinski definition) is 0. The van der Waals surface area contributed by atoms with Crippen LogP contribution in [0.25, 0.3) is 0 Å². The molecule has 0 spiro atoms. The summed E-state index contributed by atoms with van der Waals surface area (Å²) in [4.78, 5) is 4.99. The number of piperidine rings is 1. The summed E-state index contributed by atoms with van der Waals surface area (Å²) in [5.74, 6) is 2.15. The van der Waals surface area contributed by atoms with Gasteiger partial charge < -0.3 is 4.57 Å². The third-order valence-corrected chi connectivity index (χ3v) is 7.21. The van der Waals surface area contributed by atoms with Gasteiger partial charge in [-0.25, -0.2) is 13.4 Å². The Kier molecular flexibility index (Phi) is 4.41. The molecule has 0 amide bonds. The predicted molar refractivity (Wildman–Crippen MR) is 96.9 cm³/mol. The van der Waals surface area contributed by atoms with E-state index >= 15 is 0 Å². The molecule has 2 aliphatic rings. The van der Waals surface area contributed by atoms with Crippen LogP contribution in [0, 0.1) is 12.8 Å². The number of imidazole rings is 1. The summed E-state index contributed by atoms with van der Waals surface area (Å²) in [5, 5.41) is 0. The summed E-state index contributed by atoms with van der Waals surface area (Å²) >= 11 is 0. The lowest BCUT2D eigenvalue weighted by molar-refractivity contribution is 0.243. The zero-order valence-electron chi connectivity index (χ0n) is 14.6. The fraction of sp³-hybridized carbons (Fsp3) is 0.526. The Labute approximate surface area is 149 Å². The van der Waals surface area contributed by atoms with Crippen LogP contribution >= 0.6 is 0 Å². The lowest BCUT2D eigenvalue weighted by atomic mass is 9.99. The van der Waals surface area contributed by atoms with Crippen molar-refractivity contribution < 1.29 is 8.42 Å². The first-order valence-electron chi connectivity index (χ1n) is 9.13. The first kappa shape index (κ1) is 16.8. The maximum absolute atomic E-state index is 12.9. The van der Waals surface area contributed by atoms with Crippen LogP contribution in [0.5, 0.6) is 0 Å². The summed E-state index contributed by atoms with van der Waals surface area (Å²) in [6.45, 7) is 4.18. The van der Waals surface area contributed by atoms with Crippen LogP contribution in [-0.4, -0.2) is 35.4 Å². The fourth-order valence-electron chi connectivity index (χ4n) is 3.78. The van der Waals surface area contributed by atoms with Crippen molar-refractivity contribution in [1.29, 1.82) is 0 Å². The quantitative estimate of drug-likeness (QED) is 0.824. The van der Waals surface area contributed by atoms with E-state index in [9.17, 15) is 8.42 Å². The van der Waals surface area contributed by atoms with Crippen LogP contribution in [0.15, 0.2) is 41.4 Å². The Bertz CT molecular complexity index is 841. The Balaban J connectivity index is 1.51. The smallest absolute Gasteiger partial charge is 0.243 e. The van der Waals surface area contributed by atoms with Crippen LogP contribution < -0.4 is 0 Å². The van der Waals surface area contributed by atoms with E-state index in [0.717, 1.165) is 19.4 Å². The van der Waals surface area contributed by atoms with E-state index in [2.05, 4.69) is 16.5 Å². The van der Waals surface area contributed by atoms with Crippen molar-refractivity contribution in [2.45, 2.75) is 50.0 Å². The van der Waals surface area contributed by atoms with Gasteiger partial charge in [-0.1, -0.05) is 18.2 Å². The average Bonchev–Trinajstić information content (AvgIpc) is 3.41. The molecule has 6 heteroatoms. The van der Waals surface area contributed by atoms with Gasteiger partial charge in [0.1, 0.15) is 5.82 Å². The minimum atomic E-state index is -3.39. The molecule has 1 unspecified atom stereocenters. The fourth-order valence-corrected chi connectivity index (χ4v) is 5.35. The summed E-state index contributed by atoms with van der Waals surface area (Å²) in [6, 6.07) is 8.78. The van der Waals surface area contributed by atoms with E-state index in [-0.39, 0.29) is 0 Å². The molecule has 2 aromatic rings. The highest BCUT2D eigenvalue weighted by molar-refractivity contribution is 7.89.